The number of Topliss-reactive ketones (excluding diaryl/α,β-unsaturated/α-hetero) is 1. The zero-order valence-electron chi connectivity index (χ0n) is 18.4. The van der Waals surface area contributed by atoms with E-state index in [-0.39, 0.29) is 0 Å². The van der Waals surface area contributed by atoms with E-state index in [1.54, 1.807) is 7.11 Å². The predicted molar refractivity (Wildman–Crippen MR) is 119 cm³/mol. The molecule has 0 atom stereocenters. The molecule has 2 nitrogen and oxygen atoms in total. The van der Waals surface area contributed by atoms with Gasteiger partial charge in [-0.05, 0) is 95.9 Å². The Morgan fingerprint density at radius 3 is 2.46 bits per heavy atom. The van der Waals surface area contributed by atoms with Gasteiger partial charge in [-0.2, -0.15) is 0 Å². The van der Waals surface area contributed by atoms with E-state index >= 15 is 0 Å². The maximum absolute atomic E-state index is 11.9. The van der Waals surface area contributed by atoms with Crippen LogP contribution >= 0.6 is 0 Å². The first-order valence-electron chi connectivity index (χ1n) is 10.6. The lowest BCUT2D eigenvalue weighted by Crippen LogP contribution is -1.97. The van der Waals surface area contributed by atoms with E-state index in [9.17, 15) is 4.79 Å². The van der Waals surface area contributed by atoms with Crippen molar-refractivity contribution >= 4 is 5.78 Å². The fourth-order valence-corrected chi connectivity index (χ4v) is 3.73. The van der Waals surface area contributed by atoms with E-state index in [0.717, 1.165) is 62.7 Å². The number of hydrogen-bond donors (Lipinski definition) is 0. The van der Waals surface area contributed by atoms with Gasteiger partial charge in [-0.15, -0.1) is 0 Å². The second-order valence-corrected chi connectivity index (χ2v) is 8.18. The number of ether oxygens (including phenoxy) is 1. The molecule has 1 aliphatic carbocycles. The summed E-state index contributed by atoms with van der Waals surface area (Å²) in [6, 6.07) is 8.32. The van der Waals surface area contributed by atoms with Crippen molar-refractivity contribution in [3.8, 4) is 5.75 Å². The molecule has 1 aromatic rings. The van der Waals surface area contributed by atoms with Crippen LogP contribution < -0.4 is 4.74 Å². The SMILES string of the molecule is COc1cccc(CCC=C(C)CCC(C)=C(C)CCC2=C(C)CCC2=O)c1. The largest absolute Gasteiger partial charge is 0.497 e. The van der Waals surface area contributed by atoms with Gasteiger partial charge >= 0.3 is 0 Å². The molecule has 0 fully saturated rings. The molecule has 0 spiro atoms. The van der Waals surface area contributed by atoms with E-state index in [2.05, 4.69) is 52.0 Å². The molecule has 0 aromatic heterocycles. The van der Waals surface area contributed by atoms with Crippen LogP contribution in [0.1, 0.15) is 78.2 Å². The standard InChI is InChI=1S/C26H36O2/c1-19(8-6-9-23-10-7-11-24(18-23)28-5)12-13-20(2)21(3)14-16-25-22(4)15-17-26(25)27/h7-8,10-11,18H,6,9,12-17H2,1-5H3. The summed E-state index contributed by atoms with van der Waals surface area (Å²) in [5.74, 6) is 1.30. The molecule has 28 heavy (non-hydrogen) atoms. The van der Waals surface area contributed by atoms with Crippen molar-refractivity contribution < 1.29 is 9.53 Å². The van der Waals surface area contributed by atoms with Crippen molar-refractivity contribution in [2.24, 2.45) is 0 Å². The van der Waals surface area contributed by atoms with Gasteiger partial charge in [0.15, 0.2) is 5.78 Å². The molecule has 0 radical (unpaired) electrons. The van der Waals surface area contributed by atoms with Gasteiger partial charge in [0, 0.05) is 6.42 Å². The van der Waals surface area contributed by atoms with Crippen LogP contribution in [0.25, 0.3) is 0 Å². The van der Waals surface area contributed by atoms with E-state index in [0.29, 0.717) is 5.78 Å². The lowest BCUT2D eigenvalue weighted by Gasteiger charge is -2.10. The van der Waals surface area contributed by atoms with Crippen molar-refractivity contribution in [1.82, 2.24) is 0 Å². The van der Waals surface area contributed by atoms with Crippen molar-refractivity contribution in [3.05, 3.63) is 63.8 Å². The van der Waals surface area contributed by atoms with Gasteiger partial charge in [0.25, 0.3) is 0 Å². The highest BCUT2D eigenvalue weighted by Crippen LogP contribution is 2.28. The Kier molecular flexibility index (Phi) is 8.76. The minimum atomic E-state index is 0.373. The molecule has 0 aliphatic heterocycles. The molecule has 0 N–H and O–H groups in total. The van der Waals surface area contributed by atoms with Gasteiger partial charge < -0.3 is 4.74 Å². The Hall–Kier alpha value is -2.09. The van der Waals surface area contributed by atoms with Gasteiger partial charge in [-0.25, -0.2) is 0 Å². The highest BCUT2D eigenvalue weighted by Gasteiger charge is 2.19. The maximum Gasteiger partial charge on any atom is 0.159 e. The minimum absolute atomic E-state index is 0.373. The summed E-state index contributed by atoms with van der Waals surface area (Å²) in [7, 11) is 1.71. The fraction of sp³-hybridized carbons (Fsp3) is 0.500. The third-order valence-electron chi connectivity index (χ3n) is 6.01. The summed E-state index contributed by atoms with van der Waals surface area (Å²) in [5, 5.41) is 0. The van der Waals surface area contributed by atoms with E-state index in [4.69, 9.17) is 4.74 Å². The monoisotopic (exact) mass is 380 g/mol. The first kappa shape index (κ1) is 22.2. The van der Waals surface area contributed by atoms with Crippen molar-refractivity contribution in [1.29, 1.82) is 0 Å². The summed E-state index contributed by atoms with van der Waals surface area (Å²) in [6.45, 7) is 8.83. The zero-order chi connectivity index (χ0) is 20.5. The Labute approximate surface area is 171 Å². The van der Waals surface area contributed by atoms with Crippen molar-refractivity contribution in [2.45, 2.75) is 79.1 Å². The number of carbonyl (C=O) groups excluding carboxylic acids is 1. The van der Waals surface area contributed by atoms with Gasteiger partial charge in [-0.1, -0.05) is 40.5 Å². The zero-order valence-corrected chi connectivity index (χ0v) is 18.4. The van der Waals surface area contributed by atoms with Gasteiger partial charge in [-0.3, -0.25) is 4.79 Å². The third-order valence-corrected chi connectivity index (χ3v) is 6.01. The molecule has 0 saturated carbocycles. The Morgan fingerprint density at radius 2 is 1.79 bits per heavy atom. The van der Waals surface area contributed by atoms with Crippen LogP contribution in [0.4, 0.5) is 0 Å². The Morgan fingerprint density at radius 1 is 1.04 bits per heavy atom. The fourth-order valence-electron chi connectivity index (χ4n) is 3.73. The number of methoxy groups -OCH3 is 1. The van der Waals surface area contributed by atoms with Crippen LogP contribution in [0.2, 0.25) is 0 Å². The average Bonchev–Trinajstić information content (AvgIpc) is 3.02. The predicted octanol–water partition coefficient (Wildman–Crippen LogP) is 7.15. The van der Waals surface area contributed by atoms with Gasteiger partial charge in [0.05, 0.1) is 7.11 Å². The number of allylic oxidation sites excluding steroid dienone is 6. The molecule has 1 aliphatic rings. The smallest absolute Gasteiger partial charge is 0.159 e. The average molecular weight is 381 g/mol. The lowest BCUT2D eigenvalue weighted by atomic mass is 9.96. The molecule has 0 saturated heterocycles. The summed E-state index contributed by atoms with van der Waals surface area (Å²) in [5.41, 5.74) is 8.11. The summed E-state index contributed by atoms with van der Waals surface area (Å²) in [6.07, 6.45) is 10.3. The molecular formula is C26H36O2. The third kappa shape index (κ3) is 6.82. The van der Waals surface area contributed by atoms with E-state index < -0.39 is 0 Å². The van der Waals surface area contributed by atoms with Crippen molar-refractivity contribution in [3.63, 3.8) is 0 Å². The minimum Gasteiger partial charge on any atom is -0.497 e. The summed E-state index contributed by atoms with van der Waals surface area (Å²) >= 11 is 0. The van der Waals surface area contributed by atoms with Gasteiger partial charge in [0.2, 0.25) is 0 Å². The van der Waals surface area contributed by atoms with Crippen LogP contribution in [-0.2, 0) is 11.2 Å². The van der Waals surface area contributed by atoms with Crippen molar-refractivity contribution in [2.75, 3.05) is 7.11 Å². The summed E-state index contributed by atoms with van der Waals surface area (Å²) in [4.78, 5) is 11.9. The highest BCUT2D eigenvalue weighted by atomic mass is 16.5. The normalized spacial score (nSPS) is 15.9. The molecule has 0 heterocycles. The molecule has 152 valence electrons. The van der Waals surface area contributed by atoms with E-state index in [1.807, 2.05) is 6.07 Å². The quantitative estimate of drug-likeness (QED) is 0.403. The number of carbonyl (C=O) groups is 1. The molecule has 2 rings (SSSR count). The number of aryl methyl sites for hydroxylation is 1. The van der Waals surface area contributed by atoms with Crippen LogP contribution in [0.5, 0.6) is 5.75 Å². The Bertz CT molecular complexity index is 777. The van der Waals surface area contributed by atoms with Crippen LogP contribution in [0, 0.1) is 0 Å². The van der Waals surface area contributed by atoms with Gasteiger partial charge in [0.1, 0.15) is 5.75 Å². The van der Waals surface area contributed by atoms with E-state index in [1.165, 1.54) is 27.9 Å². The van der Waals surface area contributed by atoms with Crippen LogP contribution in [-0.4, -0.2) is 12.9 Å². The number of benzene rings is 1. The first-order chi connectivity index (χ1) is 13.4. The molecule has 0 amide bonds. The number of ketones is 1. The molecule has 0 bridgehead atoms. The molecular weight excluding hydrogens is 344 g/mol. The highest BCUT2D eigenvalue weighted by molar-refractivity contribution is 5.98. The number of rotatable bonds is 10. The first-order valence-corrected chi connectivity index (χ1v) is 10.6. The second-order valence-electron chi connectivity index (χ2n) is 8.18. The topological polar surface area (TPSA) is 26.3 Å². The molecule has 1 aromatic carbocycles. The summed E-state index contributed by atoms with van der Waals surface area (Å²) < 4.78 is 5.29. The lowest BCUT2D eigenvalue weighted by molar-refractivity contribution is -0.115. The number of hydrogen-bond acceptors (Lipinski definition) is 2. The van der Waals surface area contributed by atoms with Crippen LogP contribution in [0.15, 0.2) is 58.2 Å². The molecule has 2 heteroatoms. The molecule has 0 unspecified atom stereocenters. The Balaban J connectivity index is 1.77. The van der Waals surface area contributed by atoms with Crippen LogP contribution in [0.3, 0.4) is 0 Å². The second kappa shape index (κ2) is 11.0. The maximum atomic E-state index is 11.9.